The lowest BCUT2D eigenvalue weighted by Gasteiger charge is -2.21. The topological polar surface area (TPSA) is 75.7 Å². The van der Waals surface area contributed by atoms with Crippen molar-refractivity contribution in [3.8, 4) is 0 Å². The second-order valence-corrected chi connectivity index (χ2v) is 5.91. The number of nitrogens with one attached hydrogen (secondary N) is 1. The maximum absolute atomic E-state index is 12.2. The minimum atomic E-state index is -0.457. The number of amides is 2. The Bertz CT molecular complexity index is 800. The molecule has 0 saturated carbocycles. The van der Waals surface area contributed by atoms with Gasteiger partial charge >= 0.3 is 5.97 Å². The van der Waals surface area contributed by atoms with E-state index in [2.05, 4.69) is 10.1 Å². The maximum atomic E-state index is 12.2. The molecule has 6 nitrogen and oxygen atoms in total. The summed E-state index contributed by atoms with van der Waals surface area (Å²) in [6.07, 6.45) is 0. The number of methoxy groups -OCH3 is 1. The normalized spacial score (nSPS) is 10.1. The first-order chi connectivity index (χ1) is 12.4. The zero-order valence-electron chi connectivity index (χ0n) is 15.1. The lowest BCUT2D eigenvalue weighted by atomic mass is 10.1. The summed E-state index contributed by atoms with van der Waals surface area (Å²) < 4.78 is 4.65. The third kappa shape index (κ3) is 5.17. The van der Waals surface area contributed by atoms with Crippen LogP contribution in [0.15, 0.2) is 48.5 Å². The Kier molecular flexibility index (Phi) is 6.49. The number of hydrogen-bond donors (Lipinski definition) is 1. The lowest BCUT2D eigenvalue weighted by Crippen LogP contribution is -2.39. The van der Waals surface area contributed by atoms with Crippen LogP contribution in [0, 0.1) is 6.92 Å². The minimum absolute atomic E-state index is 0.0985. The van der Waals surface area contributed by atoms with Crippen LogP contribution in [-0.2, 0) is 20.9 Å². The second kappa shape index (κ2) is 8.80. The van der Waals surface area contributed by atoms with Crippen LogP contribution < -0.4 is 10.2 Å². The molecule has 0 aromatic heterocycles. The molecule has 26 heavy (non-hydrogen) atoms. The number of hydrogen-bond acceptors (Lipinski definition) is 4. The first kappa shape index (κ1) is 19.2. The van der Waals surface area contributed by atoms with Gasteiger partial charge < -0.3 is 15.0 Å². The van der Waals surface area contributed by atoms with Gasteiger partial charge in [-0.1, -0.05) is 29.8 Å². The van der Waals surface area contributed by atoms with Gasteiger partial charge in [0.1, 0.15) is 6.54 Å². The van der Waals surface area contributed by atoms with Crippen molar-refractivity contribution in [2.24, 2.45) is 0 Å². The summed E-state index contributed by atoms with van der Waals surface area (Å²) in [4.78, 5) is 37.0. The van der Waals surface area contributed by atoms with Gasteiger partial charge in [0.05, 0.1) is 12.7 Å². The highest BCUT2D eigenvalue weighted by atomic mass is 16.5. The van der Waals surface area contributed by atoms with Gasteiger partial charge in [-0.15, -0.1) is 0 Å². The van der Waals surface area contributed by atoms with Gasteiger partial charge in [-0.2, -0.15) is 0 Å². The lowest BCUT2D eigenvalue weighted by molar-refractivity contribution is -0.123. The molecule has 136 valence electrons. The molecule has 0 fully saturated rings. The van der Waals surface area contributed by atoms with Crippen LogP contribution in [0.25, 0.3) is 0 Å². The van der Waals surface area contributed by atoms with Crippen LogP contribution >= 0.6 is 0 Å². The van der Waals surface area contributed by atoms with Gasteiger partial charge in [0, 0.05) is 19.2 Å². The number of ether oxygens (including phenoxy) is 1. The highest BCUT2D eigenvalue weighted by Crippen LogP contribution is 2.16. The number of aryl methyl sites for hydroxylation is 1. The molecule has 0 aliphatic rings. The van der Waals surface area contributed by atoms with Crippen molar-refractivity contribution in [1.29, 1.82) is 0 Å². The molecule has 2 amide bonds. The molecule has 0 aliphatic heterocycles. The van der Waals surface area contributed by atoms with Crippen molar-refractivity contribution in [1.82, 2.24) is 5.32 Å². The van der Waals surface area contributed by atoms with Crippen molar-refractivity contribution in [3.05, 3.63) is 65.2 Å². The number of carbonyl (C=O) groups excluding carboxylic acids is 3. The molecule has 2 aromatic rings. The highest BCUT2D eigenvalue weighted by Gasteiger charge is 2.16. The third-order valence-corrected chi connectivity index (χ3v) is 3.85. The van der Waals surface area contributed by atoms with Crippen LogP contribution in [0.1, 0.15) is 28.4 Å². The summed E-state index contributed by atoms with van der Waals surface area (Å²) in [5, 5.41) is 2.81. The molecule has 0 radical (unpaired) electrons. The SMILES string of the molecule is COC(=O)c1ccc(N(CC(=O)NCc2cccc(C)c2)C(C)=O)cc1. The predicted octanol–water partition coefficient (Wildman–Crippen LogP) is 2.45. The maximum Gasteiger partial charge on any atom is 0.337 e. The molecule has 0 unspecified atom stereocenters. The van der Waals surface area contributed by atoms with Crippen LogP contribution in [0.2, 0.25) is 0 Å². The summed E-state index contributed by atoms with van der Waals surface area (Å²) in [5.41, 5.74) is 3.03. The highest BCUT2D eigenvalue weighted by molar-refractivity contribution is 5.98. The van der Waals surface area contributed by atoms with Gasteiger partial charge in [0.25, 0.3) is 0 Å². The number of anilines is 1. The monoisotopic (exact) mass is 354 g/mol. The van der Waals surface area contributed by atoms with Crippen molar-refractivity contribution >= 4 is 23.5 Å². The molecule has 0 heterocycles. The molecular weight excluding hydrogens is 332 g/mol. The number of benzene rings is 2. The fourth-order valence-electron chi connectivity index (χ4n) is 2.50. The van der Waals surface area contributed by atoms with Gasteiger partial charge in [-0.25, -0.2) is 4.79 Å². The third-order valence-electron chi connectivity index (χ3n) is 3.85. The number of esters is 1. The van der Waals surface area contributed by atoms with Gasteiger partial charge in [0.2, 0.25) is 11.8 Å². The fraction of sp³-hybridized carbons (Fsp3) is 0.250. The van der Waals surface area contributed by atoms with Gasteiger partial charge in [-0.05, 0) is 36.8 Å². The van der Waals surface area contributed by atoms with E-state index in [-0.39, 0.29) is 18.4 Å². The molecule has 1 N–H and O–H groups in total. The Balaban J connectivity index is 2.02. The van der Waals surface area contributed by atoms with Crippen molar-refractivity contribution in [3.63, 3.8) is 0 Å². The van der Waals surface area contributed by atoms with E-state index in [0.717, 1.165) is 11.1 Å². The standard InChI is InChI=1S/C20H22N2O4/c1-14-5-4-6-16(11-14)12-21-19(24)13-22(15(2)23)18-9-7-17(8-10-18)20(25)26-3/h4-11H,12-13H2,1-3H3,(H,21,24). The van der Waals surface area contributed by atoms with Gasteiger partial charge in [0.15, 0.2) is 0 Å². The zero-order chi connectivity index (χ0) is 19.1. The molecule has 6 heteroatoms. The largest absolute Gasteiger partial charge is 0.465 e. The molecule has 2 aromatic carbocycles. The zero-order valence-corrected chi connectivity index (χ0v) is 15.1. The van der Waals surface area contributed by atoms with E-state index >= 15 is 0 Å². The first-order valence-corrected chi connectivity index (χ1v) is 8.19. The molecular formula is C20H22N2O4. The van der Waals surface area contributed by atoms with Crippen LogP contribution in [0.5, 0.6) is 0 Å². The van der Waals surface area contributed by atoms with E-state index in [4.69, 9.17) is 0 Å². The number of nitrogens with zero attached hydrogens (tertiary/aromatic N) is 1. The summed E-state index contributed by atoms with van der Waals surface area (Å²) in [6.45, 7) is 3.68. The van der Waals surface area contributed by atoms with E-state index in [0.29, 0.717) is 17.8 Å². The summed E-state index contributed by atoms with van der Waals surface area (Å²) in [6, 6.07) is 14.2. The van der Waals surface area contributed by atoms with Crippen LogP contribution in [0.4, 0.5) is 5.69 Å². The van der Waals surface area contributed by atoms with E-state index in [1.54, 1.807) is 24.3 Å². The van der Waals surface area contributed by atoms with E-state index < -0.39 is 5.97 Å². The van der Waals surface area contributed by atoms with Crippen LogP contribution in [-0.4, -0.2) is 31.4 Å². The average Bonchev–Trinajstić information content (AvgIpc) is 2.64. The summed E-state index contributed by atoms with van der Waals surface area (Å²) in [7, 11) is 1.30. The molecule has 2 rings (SSSR count). The fourth-order valence-corrected chi connectivity index (χ4v) is 2.50. The number of rotatable bonds is 6. The minimum Gasteiger partial charge on any atom is -0.465 e. The quantitative estimate of drug-likeness (QED) is 0.809. The van der Waals surface area contributed by atoms with E-state index in [1.165, 1.54) is 18.9 Å². The average molecular weight is 354 g/mol. The molecule has 0 atom stereocenters. The van der Waals surface area contributed by atoms with Crippen molar-refractivity contribution in [2.75, 3.05) is 18.6 Å². The Morgan fingerprint density at radius 1 is 1.08 bits per heavy atom. The number of carbonyl (C=O) groups is 3. The predicted molar refractivity (Wildman–Crippen MR) is 98.8 cm³/mol. The summed E-state index contributed by atoms with van der Waals surface area (Å²) >= 11 is 0. The Labute approximate surface area is 152 Å². The van der Waals surface area contributed by atoms with Crippen molar-refractivity contribution in [2.45, 2.75) is 20.4 Å². The first-order valence-electron chi connectivity index (χ1n) is 8.19. The van der Waals surface area contributed by atoms with E-state index in [1.807, 2.05) is 31.2 Å². The molecule has 0 aliphatic carbocycles. The molecule has 0 saturated heterocycles. The Hall–Kier alpha value is -3.15. The Morgan fingerprint density at radius 3 is 2.35 bits per heavy atom. The second-order valence-electron chi connectivity index (χ2n) is 5.91. The van der Waals surface area contributed by atoms with Gasteiger partial charge in [-0.3, -0.25) is 9.59 Å². The smallest absolute Gasteiger partial charge is 0.337 e. The Morgan fingerprint density at radius 2 is 1.77 bits per heavy atom. The molecule has 0 spiro atoms. The van der Waals surface area contributed by atoms with Crippen LogP contribution in [0.3, 0.4) is 0 Å². The van der Waals surface area contributed by atoms with Crippen molar-refractivity contribution < 1.29 is 19.1 Å². The summed E-state index contributed by atoms with van der Waals surface area (Å²) in [5.74, 6) is -0.984. The molecule has 0 bridgehead atoms. The van der Waals surface area contributed by atoms with E-state index in [9.17, 15) is 14.4 Å².